The van der Waals surface area contributed by atoms with E-state index in [0.29, 0.717) is 18.2 Å². The van der Waals surface area contributed by atoms with Gasteiger partial charge in [0, 0.05) is 32.2 Å². The average Bonchev–Trinajstić information content (AvgIpc) is 3.72. The van der Waals surface area contributed by atoms with E-state index in [1.165, 1.54) is 36.5 Å². The molecule has 8 nitrogen and oxygen atoms in total. The molecule has 0 bridgehead atoms. The Morgan fingerprint density at radius 3 is 2.48 bits per heavy atom. The molecule has 0 amide bonds. The summed E-state index contributed by atoms with van der Waals surface area (Å²) in [6.07, 6.45) is 6.55. The first-order valence-electron chi connectivity index (χ1n) is 13.8. The van der Waals surface area contributed by atoms with E-state index < -0.39 is 0 Å². The lowest BCUT2D eigenvalue weighted by Gasteiger charge is -2.21. The van der Waals surface area contributed by atoms with Crippen molar-refractivity contribution in [3.8, 4) is 11.5 Å². The molecule has 4 aromatic rings. The molecule has 3 aromatic carbocycles. The largest absolute Gasteiger partial charge is 0.493 e. The van der Waals surface area contributed by atoms with Crippen molar-refractivity contribution >= 4 is 57.2 Å². The molecule has 40 heavy (non-hydrogen) atoms. The van der Waals surface area contributed by atoms with Crippen LogP contribution in [-0.4, -0.2) is 49.5 Å². The van der Waals surface area contributed by atoms with Crippen molar-refractivity contribution in [1.29, 1.82) is 0 Å². The SMILES string of the molecule is COc1cc(/C=N/Nc2cc(N3CCCC3)nc(N3CCCC3)n2)cc(I)c1OCc1cccc2ccccc12. The first-order chi connectivity index (χ1) is 19.7. The third-order valence-electron chi connectivity index (χ3n) is 7.42. The zero-order chi connectivity index (χ0) is 27.3. The Labute approximate surface area is 248 Å². The minimum atomic E-state index is 0.453. The summed E-state index contributed by atoms with van der Waals surface area (Å²) >= 11 is 2.29. The highest BCUT2D eigenvalue weighted by Crippen LogP contribution is 2.35. The summed E-state index contributed by atoms with van der Waals surface area (Å²) in [4.78, 5) is 14.3. The fourth-order valence-corrected chi connectivity index (χ4v) is 6.12. The van der Waals surface area contributed by atoms with Crippen LogP contribution in [0.2, 0.25) is 0 Å². The Balaban J connectivity index is 1.18. The monoisotopic (exact) mass is 648 g/mol. The molecule has 2 aliphatic rings. The second kappa shape index (κ2) is 12.3. The maximum absolute atomic E-state index is 6.29. The molecule has 6 rings (SSSR count). The van der Waals surface area contributed by atoms with Gasteiger partial charge in [-0.15, -0.1) is 0 Å². The minimum Gasteiger partial charge on any atom is -0.493 e. The molecule has 1 N–H and O–H groups in total. The number of benzene rings is 3. The molecule has 1 aromatic heterocycles. The van der Waals surface area contributed by atoms with Crippen molar-refractivity contribution in [2.75, 3.05) is 48.5 Å². The molecular weight excluding hydrogens is 615 g/mol. The van der Waals surface area contributed by atoms with Crippen LogP contribution in [0.25, 0.3) is 10.8 Å². The number of halogens is 1. The van der Waals surface area contributed by atoms with E-state index in [2.05, 4.69) is 85.4 Å². The van der Waals surface area contributed by atoms with Crippen LogP contribution in [0.1, 0.15) is 36.8 Å². The van der Waals surface area contributed by atoms with Gasteiger partial charge < -0.3 is 19.3 Å². The zero-order valence-corrected chi connectivity index (χ0v) is 24.8. The first kappa shape index (κ1) is 26.6. The van der Waals surface area contributed by atoms with Gasteiger partial charge in [0.25, 0.3) is 0 Å². The fourth-order valence-electron chi connectivity index (χ4n) is 5.34. The molecule has 2 fully saturated rings. The van der Waals surface area contributed by atoms with E-state index in [1.807, 2.05) is 18.2 Å². The molecule has 206 valence electrons. The fraction of sp³-hybridized carbons (Fsp3) is 0.323. The Morgan fingerprint density at radius 2 is 1.68 bits per heavy atom. The summed E-state index contributed by atoms with van der Waals surface area (Å²) < 4.78 is 12.9. The maximum Gasteiger partial charge on any atom is 0.229 e. The summed E-state index contributed by atoms with van der Waals surface area (Å²) in [5.74, 6) is 3.84. The second-order valence-corrected chi connectivity index (χ2v) is 11.3. The van der Waals surface area contributed by atoms with Crippen LogP contribution >= 0.6 is 22.6 Å². The summed E-state index contributed by atoms with van der Waals surface area (Å²) in [6.45, 7) is 4.52. The number of nitrogens with one attached hydrogen (secondary N) is 1. The molecule has 2 saturated heterocycles. The number of hydrogen-bond donors (Lipinski definition) is 1. The van der Waals surface area contributed by atoms with Gasteiger partial charge in [-0.25, -0.2) is 0 Å². The highest BCUT2D eigenvalue weighted by Gasteiger charge is 2.20. The van der Waals surface area contributed by atoms with Gasteiger partial charge in [-0.2, -0.15) is 15.1 Å². The molecule has 2 aliphatic heterocycles. The van der Waals surface area contributed by atoms with Gasteiger partial charge in [0.2, 0.25) is 5.95 Å². The number of rotatable bonds is 9. The van der Waals surface area contributed by atoms with Gasteiger partial charge in [0.1, 0.15) is 12.4 Å². The van der Waals surface area contributed by atoms with E-state index in [-0.39, 0.29) is 0 Å². The van der Waals surface area contributed by atoms with Crippen molar-refractivity contribution in [2.45, 2.75) is 32.3 Å². The number of hydrogen-bond acceptors (Lipinski definition) is 8. The molecule has 9 heteroatoms. The lowest BCUT2D eigenvalue weighted by Crippen LogP contribution is -2.24. The Bertz CT molecular complexity index is 1480. The summed E-state index contributed by atoms with van der Waals surface area (Å²) in [5.41, 5.74) is 5.19. The molecule has 0 saturated carbocycles. The number of aromatic nitrogens is 2. The Kier molecular flexibility index (Phi) is 8.17. The lowest BCUT2D eigenvalue weighted by atomic mass is 10.1. The van der Waals surface area contributed by atoms with E-state index in [0.717, 1.165) is 58.4 Å². The first-order valence-corrected chi connectivity index (χ1v) is 14.9. The van der Waals surface area contributed by atoms with Crippen LogP contribution in [0.15, 0.2) is 65.8 Å². The van der Waals surface area contributed by atoms with Crippen LogP contribution in [0.3, 0.4) is 0 Å². The van der Waals surface area contributed by atoms with E-state index in [4.69, 9.17) is 19.4 Å². The number of fused-ring (bicyclic) bond motifs is 1. The minimum absolute atomic E-state index is 0.453. The van der Waals surface area contributed by atoms with E-state index in [9.17, 15) is 0 Å². The number of anilines is 3. The van der Waals surface area contributed by atoms with Crippen LogP contribution in [0.5, 0.6) is 11.5 Å². The van der Waals surface area contributed by atoms with Gasteiger partial charge in [-0.05, 0) is 82.3 Å². The van der Waals surface area contributed by atoms with Crippen LogP contribution < -0.4 is 24.7 Å². The summed E-state index contributed by atoms with van der Waals surface area (Å²) in [5, 5.41) is 6.91. The molecule has 0 unspecified atom stereocenters. The van der Waals surface area contributed by atoms with Gasteiger partial charge in [0.05, 0.1) is 16.9 Å². The Hall–Kier alpha value is -3.60. The summed E-state index contributed by atoms with van der Waals surface area (Å²) in [6, 6.07) is 20.6. The predicted molar refractivity (Wildman–Crippen MR) is 170 cm³/mol. The molecule has 0 atom stereocenters. The van der Waals surface area contributed by atoms with Gasteiger partial charge in [-0.3, -0.25) is 5.43 Å². The van der Waals surface area contributed by atoms with Gasteiger partial charge in [-0.1, -0.05) is 42.5 Å². The molecule has 0 radical (unpaired) electrons. The van der Waals surface area contributed by atoms with Crippen LogP contribution in [0.4, 0.5) is 17.6 Å². The van der Waals surface area contributed by atoms with E-state index >= 15 is 0 Å². The van der Waals surface area contributed by atoms with Crippen molar-refractivity contribution in [3.05, 3.63) is 75.4 Å². The number of methoxy groups -OCH3 is 1. The number of nitrogens with zero attached hydrogens (tertiary/aromatic N) is 5. The topological polar surface area (TPSA) is 75.1 Å². The average molecular weight is 649 g/mol. The van der Waals surface area contributed by atoms with Crippen molar-refractivity contribution in [1.82, 2.24) is 9.97 Å². The molecular formula is C31H33IN6O2. The highest BCUT2D eigenvalue weighted by atomic mass is 127. The van der Waals surface area contributed by atoms with Crippen molar-refractivity contribution < 1.29 is 9.47 Å². The second-order valence-electron chi connectivity index (χ2n) is 10.1. The zero-order valence-electron chi connectivity index (χ0n) is 22.6. The quantitative estimate of drug-likeness (QED) is 0.127. The standard InChI is InChI=1S/C31H33IN6O2/c1-39-27-18-22(17-26(32)30(27)40-21-24-11-8-10-23-9-2-3-12-25(23)24)20-33-36-28-19-29(37-13-4-5-14-37)35-31(34-28)38-15-6-7-16-38/h2-3,8-12,17-20H,4-7,13-16,21H2,1H3,(H,34,35,36)/b33-20+. The normalized spacial score (nSPS) is 15.3. The number of ether oxygens (including phenoxy) is 2. The third-order valence-corrected chi connectivity index (χ3v) is 8.22. The molecule has 3 heterocycles. The van der Waals surface area contributed by atoms with Gasteiger partial charge >= 0.3 is 0 Å². The maximum atomic E-state index is 6.29. The van der Waals surface area contributed by atoms with Gasteiger partial charge in [0.15, 0.2) is 17.3 Å². The summed E-state index contributed by atoms with van der Waals surface area (Å²) in [7, 11) is 1.66. The van der Waals surface area contributed by atoms with Crippen molar-refractivity contribution in [2.24, 2.45) is 5.10 Å². The van der Waals surface area contributed by atoms with Crippen LogP contribution in [0, 0.1) is 3.57 Å². The van der Waals surface area contributed by atoms with Crippen molar-refractivity contribution in [3.63, 3.8) is 0 Å². The predicted octanol–water partition coefficient (Wildman–Crippen LogP) is 6.47. The lowest BCUT2D eigenvalue weighted by molar-refractivity contribution is 0.283. The van der Waals surface area contributed by atoms with E-state index in [1.54, 1.807) is 13.3 Å². The molecule has 0 spiro atoms. The number of hydrazone groups is 1. The van der Waals surface area contributed by atoms with Crippen LogP contribution in [-0.2, 0) is 6.61 Å². The third kappa shape index (κ3) is 5.94. The smallest absolute Gasteiger partial charge is 0.229 e. The highest BCUT2D eigenvalue weighted by molar-refractivity contribution is 14.1. The molecule has 0 aliphatic carbocycles. The Morgan fingerprint density at radius 1 is 0.925 bits per heavy atom.